The summed E-state index contributed by atoms with van der Waals surface area (Å²) in [6.07, 6.45) is 1.23. The fraction of sp³-hybridized carbons (Fsp3) is 0.261. The number of methoxy groups -OCH3 is 2. The molecule has 0 saturated carbocycles. The lowest BCUT2D eigenvalue weighted by molar-refractivity contribution is -0.132. The molecule has 3 aromatic rings. The minimum absolute atomic E-state index is 0.128. The van der Waals surface area contributed by atoms with E-state index in [1.54, 1.807) is 25.6 Å². The number of nitrogens with zero attached hydrogens (tertiary/aromatic N) is 1. The van der Waals surface area contributed by atoms with Crippen LogP contribution in [-0.4, -0.2) is 31.6 Å². The summed E-state index contributed by atoms with van der Waals surface area (Å²) >= 11 is 1.62. The highest BCUT2D eigenvalue weighted by Crippen LogP contribution is 2.41. The molecule has 0 radical (unpaired) electrons. The lowest BCUT2D eigenvalue weighted by Gasteiger charge is -2.38. The molecular weight excluding hydrogens is 370 g/mol. The highest BCUT2D eigenvalue weighted by molar-refractivity contribution is 7.10. The van der Waals surface area contributed by atoms with Gasteiger partial charge >= 0.3 is 0 Å². The van der Waals surface area contributed by atoms with Crippen molar-refractivity contribution in [1.82, 2.24) is 4.90 Å². The third kappa shape index (κ3) is 3.50. The molecule has 0 saturated heterocycles. The highest BCUT2D eigenvalue weighted by Gasteiger charge is 2.33. The van der Waals surface area contributed by atoms with Crippen LogP contribution in [0, 0.1) is 0 Å². The quantitative estimate of drug-likeness (QED) is 0.641. The molecule has 2 aromatic carbocycles. The Hall–Kier alpha value is -2.79. The molecule has 2 heterocycles. The molecule has 4 nitrogen and oxygen atoms in total. The summed E-state index contributed by atoms with van der Waals surface area (Å²) in [7, 11) is 3.29. The van der Waals surface area contributed by atoms with E-state index >= 15 is 0 Å². The van der Waals surface area contributed by atoms with Crippen LogP contribution in [0.15, 0.2) is 60.0 Å². The number of ether oxygens (including phenoxy) is 2. The summed E-state index contributed by atoms with van der Waals surface area (Å²) in [6.45, 7) is 0.687. The second kappa shape index (κ2) is 8.07. The summed E-state index contributed by atoms with van der Waals surface area (Å²) in [5.41, 5.74) is 3.41. The van der Waals surface area contributed by atoms with Gasteiger partial charge in [-0.2, -0.15) is 0 Å². The van der Waals surface area contributed by atoms with Crippen molar-refractivity contribution in [2.24, 2.45) is 0 Å². The molecule has 0 N–H and O–H groups in total. The molecule has 1 aliphatic heterocycles. The smallest absolute Gasteiger partial charge is 0.228 e. The first kappa shape index (κ1) is 18.6. The Bertz CT molecular complexity index is 953. The van der Waals surface area contributed by atoms with Crippen molar-refractivity contribution >= 4 is 17.2 Å². The molecule has 144 valence electrons. The molecule has 1 amide bonds. The zero-order chi connectivity index (χ0) is 19.5. The average Bonchev–Trinajstić information content (AvgIpc) is 3.25. The van der Waals surface area contributed by atoms with Gasteiger partial charge in [-0.25, -0.2) is 0 Å². The fourth-order valence-electron chi connectivity index (χ4n) is 3.87. The Kier molecular flexibility index (Phi) is 5.35. The third-order valence-electron chi connectivity index (χ3n) is 5.21. The first-order chi connectivity index (χ1) is 13.7. The number of hydrogen-bond donors (Lipinski definition) is 0. The van der Waals surface area contributed by atoms with Crippen LogP contribution in [-0.2, 0) is 17.6 Å². The van der Waals surface area contributed by atoms with E-state index in [2.05, 4.69) is 12.1 Å². The summed E-state index contributed by atoms with van der Waals surface area (Å²) in [5, 5.41) is 2.01. The Morgan fingerprint density at radius 1 is 1.07 bits per heavy atom. The van der Waals surface area contributed by atoms with Gasteiger partial charge in [0, 0.05) is 11.4 Å². The van der Waals surface area contributed by atoms with E-state index in [1.807, 2.05) is 52.7 Å². The van der Waals surface area contributed by atoms with Crippen molar-refractivity contribution in [3.05, 3.63) is 81.5 Å². The van der Waals surface area contributed by atoms with Crippen LogP contribution < -0.4 is 9.47 Å². The van der Waals surface area contributed by atoms with Crippen molar-refractivity contribution in [2.45, 2.75) is 18.9 Å². The Morgan fingerprint density at radius 3 is 2.50 bits per heavy atom. The summed E-state index contributed by atoms with van der Waals surface area (Å²) in [5.74, 6) is 1.57. The van der Waals surface area contributed by atoms with Gasteiger partial charge in [-0.15, -0.1) is 11.3 Å². The first-order valence-corrected chi connectivity index (χ1v) is 10.2. The number of amides is 1. The fourth-order valence-corrected chi connectivity index (χ4v) is 4.57. The van der Waals surface area contributed by atoms with E-state index in [4.69, 9.17) is 9.47 Å². The van der Waals surface area contributed by atoms with E-state index in [-0.39, 0.29) is 11.9 Å². The van der Waals surface area contributed by atoms with Gasteiger partial charge in [0.25, 0.3) is 0 Å². The van der Waals surface area contributed by atoms with Crippen LogP contribution in [0.3, 0.4) is 0 Å². The molecule has 5 heteroatoms. The van der Waals surface area contributed by atoms with Crippen LogP contribution in [0.2, 0.25) is 0 Å². The first-order valence-electron chi connectivity index (χ1n) is 9.33. The predicted octanol–water partition coefficient (Wildman–Crippen LogP) is 4.48. The normalized spacial score (nSPS) is 15.8. The maximum absolute atomic E-state index is 13.2. The van der Waals surface area contributed by atoms with E-state index in [0.29, 0.717) is 18.7 Å². The largest absolute Gasteiger partial charge is 0.493 e. The zero-order valence-corrected chi connectivity index (χ0v) is 16.9. The molecule has 1 atom stereocenters. The topological polar surface area (TPSA) is 38.8 Å². The molecule has 1 aliphatic rings. The second-order valence-electron chi connectivity index (χ2n) is 6.81. The molecule has 1 aromatic heterocycles. The molecular formula is C23H23NO3S. The van der Waals surface area contributed by atoms with E-state index in [1.165, 1.54) is 5.56 Å². The molecule has 0 unspecified atom stereocenters. The summed E-state index contributed by atoms with van der Waals surface area (Å²) < 4.78 is 11.0. The van der Waals surface area contributed by atoms with Gasteiger partial charge in [-0.05, 0) is 46.7 Å². The number of hydrogen-bond acceptors (Lipinski definition) is 4. The molecule has 0 fully saturated rings. The molecule has 4 rings (SSSR count). The number of carbonyl (C=O) groups excluding carboxylic acids is 1. The van der Waals surface area contributed by atoms with Gasteiger partial charge in [-0.3, -0.25) is 4.79 Å². The minimum Gasteiger partial charge on any atom is -0.493 e. The van der Waals surface area contributed by atoms with Crippen LogP contribution in [0.4, 0.5) is 0 Å². The monoisotopic (exact) mass is 393 g/mol. The molecule has 0 aliphatic carbocycles. The number of carbonyl (C=O) groups is 1. The number of fused-ring (bicyclic) bond motifs is 1. The van der Waals surface area contributed by atoms with Crippen LogP contribution >= 0.6 is 11.3 Å². The standard InChI is InChI=1S/C23H23NO3S/c1-26-20-13-17-10-11-24(22(25)14-18-9-6-12-28-18)23(16-7-4-3-5-8-16)19(17)15-21(20)27-2/h3-9,12-13,15,23H,10-11,14H2,1-2H3/t23-/m0/s1. The number of benzene rings is 2. The second-order valence-corrected chi connectivity index (χ2v) is 7.84. The average molecular weight is 394 g/mol. The van der Waals surface area contributed by atoms with Gasteiger partial charge in [0.05, 0.1) is 26.7 Å². The molecule has 0 bridgehead atoms. The number of thiophene rings is 1. The zero-order valence-electron chi connectivity index (χ0n) is 16.1. The van der Waals surface area contributed by atoms with Crippen molar-refractivity contribution in [3.8, 4) is 11.5 Å². The number of rotatable bonds is 5. The van der Waals surface area contributed by atoms with Gasteiger partial charge in [0.1, 0.15) is 0 Å². The van der Waals surface area contributed by atoms with Gasteiger partial charge in [-0.1, -0.05) is 36.4 Å². The van der Waals surface area contributed by atoms with Crippen LogP contribution in [0.5, 0.6) is 11.5 Å². The van der Waals surface area contributed by atoms with Crippen LogP contribution in [0.1, 0.15) is 27.6 Å². The molecule has 28 heavy (non-hydrogen) atoms. The van der Waals surface area contributed by atoms with Crippen molar-refractivity contribution in [1.29, 1.82) is 0 Å². The van der Waals surface area contributed by atoms with Crippen LogP contribution in [0.25, 0.3) is 0 Å². The maximum atomic E-state index is 13.2. The van der Waals surface area contributed by atoms with E-state index in [9.17, 15) is 4.79 Å². The van der Waals surface area contributed by atoms with Gasteiger partial charge in [0.15, 0.2) is 11.5 Å². The van der Waals surface area contributed by atoms with E-state index < -0.39 is 0 Å². The van der Waals surface area contributed by atoms with Crippen molar-refractivity contribution < 1.29 is 14.3 Å². The van der Waals surface area contributed by atoms with Gasteiger partial charge in [0.2, 0.25) is 5.91 Å². The Morgan fingerprint density at radius 2 is 1.82 bits per heavy atom. The van der Waals surface area contributed by atoms with Crippen molar-refractivity contribution in [3.63, 3.8) is 0 Å². The lowest BCUT2D eigenvalue weighted by atomic mass is 9.87. The maximum Gasteiger partial charge on any atom is 0.228 e. The lowest BCUT2D eigenvalue weighted by Crippen LogP contribution is -2.41. The van der Waals surface area contributed by atoms with E-state index in [0.717, 1.165) is 28.2 Å². The van der Waals surface area contributed by atoms with Crippen molar-refractivity contribution in [2.75, 3.05) is 20.8 Å². The SMILES string of the molecule is COc1cc2c(cc1OC)[C@H](c1ccccc1)N(C(=O)Cc1cccs1)CC2. The Balaban J connectivity index is 1.77. The highest BCUT2D eigenvalue weighted by atomic mass is 32.1. The van der Waals surface area contributed by atoms with Gasteiger partial charge < -0.3 is 14.4 Å². The summed E-state index contributed by atoms with van der Waals surface area (Å²) in [4.78, 5) is 16.3. The Labute approximate surface area is 169 Å². The summed E-state index contributed by atoms with van der Waals surface area (Å²) in [6, 6.07) is 18.2. The third-order valence-corrected chi connectivity index (χ3v) is 6.09. The minimum atomic E-state index is -0.128. The molecule has 0 spiro atoms. The predicted molar refractivity (Wildman–Crippen MR) is 111 cm³/mol.